The summed E-state index contributed by atoms with van der Waals surface area (Å²) in [6, 6.07) is 7.61. The largest absolute Gasteiger partial charge is 0.392 e. The predicted octanol–water partition coefficient (Wildman–Crippen LogP) is 2.99. The van der Waals surface area contributed by atoms with E-state index in [1.165, 1.54) is 18.2 Å². The van der Waals surface area contributed by atoms with Crippen LogP contribution in [0.4, 0.5) is 5.82 Å². The lowest BCUT2D eigenvalue weighted by Crippen LogP contribution is -2.15. The summed E-state index contributed by atoms with van der Waals surface area (Å²) in [5.41, 5.74) is 0.840. The van der Waals surface area contributed by atoms with Gasteiger partial charge >= 0.3 is 0 Å². The summed E-state index contributed by atoms with van der Waals surface area (Å²) in [5.74, 6) is 0.187. The molecule has 0 aliphatic carbocycles. The van der Waals surface area contributed by atoms with Crippen LogP contribution in [0.1, 0.15) is 11.3 Å². The molecule has 1 aromatic carbocycles. The van der Waals surface area contributed by atoms with Gasteiger partial charge in [0.25, 0.3) is 10.0 Å². The number of halogens is 2. The van der Waals surface area contributed by atoms with Crippen LogP contribution in [-0.2, 0) is 16.6 Å². The number of aliphatic hydroxyl groups excluding tert-OH is 1. The first-order valence-corrected chi connectivity index (χ1v) is 8.13. The number of hydrogen-bond acceptors (Lipinski definition) is 4. The fraction of sp³-hybridized carbons (Fsp3) is 0.154. The molecule has 0 saturated heterocycles. The number of nitrogens with one attached hydrogen (secondary N) is 1. The number of nitrogens with zero attached hydrogens (tertiary/aromatic N) is 1. The number of sulfonamides is 1. The van der Waals surface area contributed by atoms with Crippen LogP contribution in [0.15, 0.2) is 35.2 Å². The van der Waals surface area contributed by atoms with Gasteiger partial charge in [-0.05, 0) is 31.2 Å². The molecule has 0 aliphatic rings. The van der Waals surface area contributed by atoms with Crippen molar-refractivity contribution in [2.75, 3.05) is 4.72 Å². The van der Waals surface area contributed by atoms with E-state index in [1.54, 1.807) is 19.1 Å². The minimum absolute atomic E-state index is 0.106. The lowest BCUT2D eigenvalue weighted by molar-refractivity contribution is 0.282. The Bertz CT molecular complexity index is 779. The van der Waals surface area contributed by atoms with Gasteiger partial charge in [-0.1, -0.05) is 29.3 Å². The van der Waals surface area contributed by atoms with Gasteiger partial charge < -0.3 is 5.11 Å². The first-order chi connectivity index (χ1) is 9.85. The molecular weight excluding hydrogens is 335 g/mol. The van der Waals surface area contributed by atoms with Gasteiger partial charge in [-0.25, -0.2) is 13.4 Å². The minimum atomic E-state index is -3.92. The molecule has 0 atom stereocenters. The van der Waals surface area contributed by atoms with E-state index >= 15 is 0 Å². The Morgan fingerprint density at radius 1 is 1.24 bits per heavy atom. The fourth-order valence-corrected chi connectivity index (χ4v) is 3.62. The predicted molar refractivity (Wildman–Crippen MR) is 82.2 cm³/mol. The molecule has 2 N–H and O–H groups in total. The van der Waals surface area contributed by atoms with Crippen LogP contribution in [0.2, 0.25) is 10.0 Å². The van der Waals surface area contributed by atoms with Crippen molar-refractivity contribution >= 4 is 39.0 Å². The zero-order valence-corrected chi connectivity index (χ0v) is 13.3. The standard InChI is InChI=1S/C13H12Cl2N2O3S/c1-8-3-2-4-12(16-8)17-21(19,20)11-6-5-10(14)9(7-18)13(11)15/h2-6,18H,7H2,1H3,(H,16,17). The number of anilines is 1. The smallest absolute Gasteiger partial charge is 0.264 e. The molecule has 0 bridgehead atoms. The Hall–Kier alpha value is -1.34. The van der Waals surface area contributed by atoms with Gasteiger partial charge in [-0.15, -0.1) is 0 Å². The Balaban J connectivity index is 2.45. The molecule has 0 radical (unpaired) electrons. The highest BCUT2D eigenvalue weighted by Gasteiger charge is 2.22. The van der Waals surface area contributed by atoms with Gasteiger partial charge in [0.05, 0.1) is 11.6 Å². The maximum absolute atomic E-state index is 12.4. The van der Waals surface area contributed by atoms with E-state index in [1.807, 2.05) is 0 Å². The summed E-state index contributed by atoms with van der Waals surface area (Å²) >= 11 is 11.9. The number of pyridine rings is 1. The highest BCUT2D eigenvalue weighted by atomic mass is 35.5. The lowest BCUT2D eigenvalue weighted by atomic mass is 10.2. The van der Waals surface area contributed by atoms with Gasteiger partial charge in [0.15, 0.2) is 0 Å². The molecule has 0 saturated carbocycles. The molecule has 0 aliphatic heterocycles. The highest BCUT2D eigenvalue weighted by Crippen LogP contribution is 2.31. The van der Waals surface area contributed by atoms with Crippen LogP contribution in [0, 0.1) is 6.92 Å². The molecule has 5 nitrogen and oxygen atoms in total. The molecule has 0 unspecified atom stereocenters. The van der Waals surface area contributed by atoms with Crippen molar-refractivity contribution in [3.63, 3.8) is 0 Å². The van der Waals surface area contributed by atoms with Gasteiger partial charge in [0.1, 0.15) is 10.7 Å². The zero-order chi connectivity index (χ0) is 15.6. The monoisotopic (exact) mass is 346 g/mol. The second kappa shape index (κ2) is 6.19. The maximum atomic E-state index is 12.4. The Morgan fingerprint density at radius 2 is 1.95 bits per heavy atom. The summed E-state index contributed by atoms with van der Waals surface area (Å²) in [4.78, 5) is 3.90. The number of aromatic nitrogens is 1. The van der Waals surface area contributed by atoms with Gasteiger partial charge in [-0.3, -0.25) is 4.72 Å². The second-order valence-electron chi connectivity index (χ2n) is 4.27. The number of aryl methyl sites for hydroxylation is 1. The lowest BCUT2D eigenvalue weighted by Gasteiger charge is -2.12. The summed E-state index contributed by atoms with van der Waals surface area (Å²) < 4.78 is 27.0. The van der Waals surface area contributed by atoms with Crippen LogP contribution >= 0.6 is 23.2 Å². The zero-order valence-electron chi connectivity index (χ0n) is 11.0. The molecule has 1 aromatic heterocycles. The Kier molecular flexibility index (Phi) is 4.73. The van der Waals surface area contributed by atoms with Gasteiger partial charge in [0.2, 0.25) is 0 Å². The average Bonchev–Trinajstić information content (AvgIpc) is 2.38. The summed E-state index contributed by atoms with van der Waals surface area (Å²) in [5, 5.41) is 9.32. The van der Waals surface area contributed by atoms with Crippen molar-refractivity contribution in [1.82, 2.24) is 4.98 Å². The van der Waals surface area contributed by atoms with E-state index in [2.05, 4.69) is 9.71 Å². The van der Waals surface area contributed by atoms with Crippen molar-refractivity contribution < 1.29 is 13.5 Å². The van der Waals surface area contributed by atoms with Crippen molar-refractivity contribution in [2.45, 2.75) is 18.4 Å². The number of rotatable bonds is 4. The van der Waals surface area contributed by atoms with Crippen LogP contribution in [0.3, 0.4) is 0 Å². The fourth-order valence-electron chi connectivity index (χ4n) is 1.72. The Labute approximate surface area is 132 Å². The van der Waals surface area contributed by atoms with Gasteiger partial charge in [-0.2, -0.15) is 0 Å². The first kappa shape index (κ1) is 16.0. The van der Waals surface area contributed by atoms with Crippen LogP contribution in [0.5, 0.6) is 0 Å². The van der Waals surface area contributed by atoms with E-state index in [0.29, 0.717) is 5.69 Å². The molecule has 0 amide bonds. The topological polar surface area (TPSA) is 79.3 Å². The maximum Gasteiger partial charge on any atom is 0.264 e. The molecule has 0 spiro atoms. The molecular formula is C13H12Cl2N2O3S. The van der Waals surface area contributed by atoms with E-state index < -0.39 is 16.6 Å². The van der Waals surface area contributed by atoms with Crippen molar-refractivity contribution in [3.05, 3.63) is 51.6 Å². The molecule has 0 fully saturated rings. The van der Waals surface area contributed by atoms with E-state index in [-0.39, 0.29) is 26.3 Å². The minimum Gasteiger partial charge on any atom is -0.392 e. The summed E-state index contributed by atoms with van der Waals surface area (Å²) in [7, 11) is -3.92. The number of hydrogen-bond donors (Lipinski definition) is 2. The molecule has 2 rings (SSSR count). The summed E-state index contributed by atoms with van der Waals surface area (Å²) in [6.07, 6.45) is 0. The molecule has 8 heteroatoms. The molecule has 1 heterocycles. The number of aliphatic hydroxyl groups is 1. The average molecular weight is 347 g/mol. The SMILES string of the molecule is Cc1cccc(NS(=O)(=O)c2ccc(Cl)c(CO)c2Cl)n1. The normalized spacial score (nSPS) is 11.4. The molecule has 112 valence electrons. The van der Waals surface area contributed by atoms with Crippen LogP contribution in [0.25, 0.3) is 0 Å². The van der Waals surface area contributed by atoms with Crippen molar-refractivity contribution in [1.29, 1.82) is 0 Å². The van der Waals surface area contributed by atoms with E-state index in [0.717, 1.165) is 0 Å². The third kappa shape index (κ3) is 3.47. The molecule has 2 aromatic rings. The third-order valence-electron chi connectivity index (χ3n) is 2.73. The third-order valence-corrected chi connectivity index (χ3v) is 5.02. The first-order valence-electron chi connectivity index (χ1n) is 5.89. The van der Waals surface area contributed by atoms with E-state index in [9.17, 15) is 13.5 Å². The Morgan fingerprint density at radius 3 is 2.57 bits per heavy atom. The highest BCUT2D eigenvalue weighted by molar-refractivity contribution is 7.92. The van der Waals surface area contributed by atoms with E-state index in [4.69, 9.17) is 23.2 Å². The number of benzene rings is 1. The summed E-state index contributed by atoms with van der Waals surface area (Å²) in [6.45, 7) is 1.29. The van der Waals surface area contributed by atoms with Crippen molar-refractivity contribution in [3.8, 4) is 0 Å². The van der Waals surface area contributed by atoms with Crippen LogP contribution in [-0.4, -0.2) is 18.5 Å². The second-order valence-corrected chi connectivity index (χ2v) is 6.70. The quantitative estimate of drug-likeness (QED) is 0.891. The van der Waals surface area contributed by atoms with Gasteiger partial charge in [0, 0.05) is 16.3 Å². The molecule has 21 heavy (non-hydrogen) atoms. The van der Waals surface area contributed by atoms with Crippen molar-refractivity contribution in [2.24, 2.45) is 0 Å². The van der Waals surface area contributed by atoms with Crippen LogP contribution < -0.4 is 4.72 Å².